The van der Waals surface area contributed by atoms with Crippen LogP contribution in [-0.2, 0) is 6.54 Å². The van der Waals surface area contributed by atoms with E-state index in [2.05, 4.69) is 42.2 Å². The number of rotatable bonds is 3. The number of halogens is 2. The minimum Gasteiger partial charge on any atom is -0.380 e. The Hall–Kier alpha value is -1.38. The normalized spacial score (nSPS) is 9.83. The molecular weight excluding hydrogens is 358 g/mol. The summed E-state index contributed by atoms with van der Waals surface area (Å²) in [6, 6.07) is 11.6. The summed E-state index contributed by atoms with van der Waals surface area (Å²) in [4.78, 5) is 3.94. The highest BCUT2D eigenvalue weighted by atomic mass is 79.9. The fourth-order valence-electron chi connectivity index (χ4n) is 1.48. The molecule has 0 amide bonds. The van der Waals surface area contributed by atoms with E-state index in [4.69, 9.17) is 5.26 Å². The topological polar surface area (TPSA) is 48.7 Å². The van der Waals surface area contributed by atoms with Gasteiger partial charge in [0.2, 0.25) is 0 Å². The molecule has 1 aromatic carbocycles. The zero-order chi connectivity index (χ0) is 13.0. The fraction of sp³-hybridized carbons (Fsp3) is 0.0769. The second kappa shape index (κ2) is 5.98. The zero-order valence-corrected chi connectivity index (χ0v) is 12.5. The Bertz CT molecular complexity index is 605. The number of benzene rings is 1. The van der Waals surface area contributed by atoms with E-state index in [1.807, 2.05) is 30.3 Å². The number of hydrogen-bond acceptors (Lipinski definition) is 3. The molecule has 2 rings (SSSR count). The van der Waals surface area contributed by atoms with Gasteiger partial charge in [0.1, 0.15) is 11.8 Å². The third-order valence-corrected chi connectivity index (χ3v) is 3.54. The summed E-state index contributed by atoms with van der Waals surface area (Å²) < 4.78 is 2.01. The van der Waals surface area contributed by atoms with Gasteiger partial charge in [-0.1, -0.05) is 15.9 Å². The second-order valence-electron chi connectivity index (χ2n) is 3.64. The van der Waals surface area contributed by atoms with Crippen molar-refractivity contribution in [2.75, 3.05) is 5.32 Å². The highest BCUT2D eigenvalue weighted by Gasteiger charge is 2.01. The molecule has 3 nitrogen and oxygen atoms in total. The van der Waals surface area contributed by atoms with Crippen LogP contribution in [0.15, 0.2) is 45.5 Å². The first kappa shape index (κ1) is 13.1. The molecule has 1 N–H and O–H groups in total. The molecule has 90 valence electrons. The van der Waals surface area contributed by atoms with Crippen LogP contribution in [0.25, 0.3) is 0 Å². The van der Waals surface area contributed by atoms with Crippen molar-refractivity contribution >= 4 is 37.5 Å². The van der Waals surface area contributed by atoms with Gasteiger partial charge in [-0.25, -0.2) is 4.98 Å². The third-order valence-electron chi connectivity index (χ3n) is 2.35. The summed E-state index contributed by atoms with van der Waals surface area (Å²) >= 11 is 6.92. The quantitative estimate of drug-likeness (QED) is 0.889. The van der Waals surface area contributed by atoms with E-state index in [1.54, 1.807) is 12.3 Å². The lowest BCUT2D eigenvalue weighted by Gasteiger charge is -2.09. The fourth-order valence-corrected chi connectivity index (χ4v) is 2.22. The van der Waals surface area contributed by atoms with E-state index in [1.165, 1.54) is 0 Å². The smallest absolute Gasteiger partial charge is 0.140 e. The molecule has 18 heavy (non-hydrogen) atoms. The van der Waals surface area contributed by atoms with Gasteiger partial charge >= 0.3 is 0 Å². The predicted molar refractivity (Wildman–Crippen MR) is 78.1 cm³/mol. The Balaban J connectivity index is 2.11. The van der Waals surface area contributed by atoms with Gasteiger partial charge < -0.3 is 5.32 Å². The van der Waals surface area contributed by atoms with Gasteiger partial charge in [0.05, 0.1) is 0 Å². The van der Waals surface area contributed by atoms with Crippen LogP contribution in [0.3, 0.4) is 0 Å². The van der Waals surface area contributed by atoms with Crippen LogP contribution in [0, 0.1) is 11.3 Å². The predicted octanol–water partition coefficient (Wildman–Crippen LogP) is 4.09. The number of anilines is 1. The number of nitrogens with zero attached hydrogens (tertiary/aromatic N) is 2. The number of pyridine rings is 1. The molecule has 0 aliphatic rings. The van der Waals surface area contributed by atoms with Gasteiger partial charge in [0.15, 0.2) is 0 Å². The van der Waals surface area contributed by atoms with E-state index >= 15 is 0 Å². The molecule has 0 atom stereocenters. The molecule has 0 radical (unpaired) electrons. The summed E-state index contributed by atoms with van der Waals surface area (Å²) in [5.41, 5.74) is 2.45. The first-order valence-electron chi connectivity index (χ1n) is 5.23. The summed E-state index contributed by atoms with van der Waals surface area (Å²) in [5, 5.41) is 12.1. The number of nitrogens with one attached hydrogen (secondary N) is 1. The lowest BCUT2D eigenvalue weighted by atomic mass is 10.2. The molecule has 2 aromatic rings. The standard InChI is InChI=1S/C13H9Br2N3/c14-10-1-2-12(15)13(6-10)18-8-9-3-4-17-11(5-9)7-16/h1-6,18H,8H2. The highest BCUT2D eigenvalue weighted by Crippen LogP contribution is 2.26. The van der Waals surface area contributed by atoms with E-state index < -0.39 is 0 Å². The molecule has 0 spiro atoms. The van der Waals surface area contributed by atoms with E-state index in [-0.39, 0.29) is 0 Å². The van der Waals surface area contributed by atoms with Crippen LogP contribution in [-0.4, -0.2) is 4.98 Å². The molecule has 0 fully saturated rings. The second-order valence-corrected chi connectivity index (χ2v) is 5.41. The summed E-state index contributed by atoms with van der Waals surface area (Å²) in [5.74, 6) is 0. The van der Waals surface area contributed by atoms with Gasteiger partial charge in [0.25, 0.3) is 0 Å². The van der Waals surface area contributed by atoms with Crippen molar-refractivity contribution in [3.05, 3.63) is 56.7 Å². The van der Waals surface area contributed by atoms with Gasteiger partial charge in [-0.15, -0.1) is 0 Å². The molecule has 0 unspecified atom stereocenters. The highest BCUT2D eigenvalue weighted by molar-refractivity contribution is 9.11. The summed E-state index contributed by atoms with van der Waals surface area (Å²) in [7, 11) is 0. The molecule has 0 bridgehead atoms. The van der Waals surface area contributed by atoms with E-state index in [0.717, 1.165) is 20.2 Å². The summed E-state index contributed by atoms with van der Waals surface area (Å²) in [6.07, 6.45) is 1.64. The van der Waals surface area contributed by atoms with Gasteiger partial charge in [-0.3, -0.25) is 0 Å². The lowest BCUT2D eigenvalue weighted by molar-refractivity contribution is 1.11. The Morgan fingerprint density at radius 3 is 2.83 bits per heavy atom. The van der Waals surface area contributed by atoms with Crippen molar-refractivity contribution in [3.8, 4) is 6.07 Å². The molecule has 0 saturated carbocycles. The van der Waals surface area contributed by atoms with E-state index in [0.29, 0.717) is 12.2 Å². The van der Waals surface area contributed by atoms with Crippen molar-refractivity contribution in [1.82, 2.24) is 4.98 Å². The van der Waals surface area contributed by atoms with Gasteiger partial charge in [-0.2, -0.15) is 5.26 Å². The molecule has 5 heteroatoms. The first-order valence-corrected chi connectivity index (χ1v) is 6.81. The van der Waals surface area contributed by atoms with Crippen LogP contribution in [0.4, 0.5) is 5.69 Å². The van der Waals surface area contributed by atoms with Crippen LogP contribution in [0.2, 0.25) is 0 Å². The minimum absolute atomic E-state index is 0.433. The number of hydrogen-bond donors (Lipinski definition) is 1. The molecular formula is C13H9Br2N3. The van der Waals surface area contributed by atoms with Crippen LogP contribution >= 0.6 is 31.9 Å². The van der Waals surface area contributed by atoms with Crippen LogP contribution in [0.1, 0.15) is 11.3 Å². The van der Waals surface area contributed by atoms with Crippen molar-refractivity contribution in [3.63, 3.8) is 0 Å². The van der Waals surface area contributed by atoms with Crippen LogP contribution in [0.5, 0.6) is 0 Å². The number of aromatic nitrogens is 1. The van der Waals surface area contributed by atoms with Crippen molar-refractivity contribution in [2.45, 2.75) is 6.54 Å². The van der Waals surface area contributed by atoms with Crippen molar-refractivity contribution < 1.29 is 0 Å². The van der Waals surface area contributed by atoms with Gasteiger partial charge in [0, 0.05) is 27.4 Å². The molecule has 0 aliphatic carbocycles. The molecule has 1 aromatic heterocycles. The molecule has 1 heterocycles. The monoisotopic (exact) mass is 365 g/mol. The maximum absolute atomic E-state index is 8.78. The number of nitriles is 1. The Kier molecular flexibility index (Phi) is 4.34. The maximum Gasteiger partial charge on any atom is 0.140 e. The average Bonchev–Trinajstić information content (AvgIpc) is 2.40. The molecule has 0 saturated heterocycles. The Morgan fingerprint density at radius 2 is 2.06 bits per heavy atom. The van der Waals surface area contributed by atoms with Crippen molar-refractivity contribution in [1.29, 1.82) is 5.26 Å². The largest absolute Gasteiger partial charge is 0.380 e. The minimum atomic E-state index is 0.433. The summed E-state index contributed by atoms with van der Waals surface area (Å²) in [6.45, 7) is 0.645. The maximum atomic E-state index is 8.78. The van der Waals surface area contributed by atoms with Gasteiger partial charge in [-0.05, 0) is 51.8 Å². The molecule has 0 aliphatic heterocycles. The SMILES string of the molecule is N#Cc1cc(CNc2cc(Br)ccc2Br)ccn1. The van der Waals surface area contributed by atoms with Crippen molar-refractivity contribution in [2.24, 2.45) is 0 Å². The van der Waals surface area contributed by atoms with E-state index in [9.17, 15) is 0 Å². The third kappa shape index (κ3) is 3.31. The zero-order valence-electron chi connectivity index (χ0n) is 9.32. The Labute approximate surface area is 122 Å². The lowest BCUT2D eigenvalue weighted by Crippen LogP contribution is -2.01. The first-order chi connectivity index (χ1) is 8.69. The average molecular weight is 367 g/mol. The Morgan fingerprint density at radius 1 is 1.22 bits per heavy atom. The van der Waals surface area contributed by atoms with Crippen LogP contribution < -0.4 is 5.32 Å².